The highest BCUT2D eigenvalue weighted by atomic mass is 19.1. The van der Waals surface area contributed by atoms with E-state index in [1.165, 1.54) is 31.4 Å². The standard InChI is InChI=1S/C21H24FN3O/c1-11-12(2)24-19-17(6-16(22)7-18(19)23-11)20(26)25-21-8-13-3-14(9-21)5-15(4-13)10-21/h6-7,13-15H,3-5,8-10H2,1-2H3,(H,25,26). The van der Waals surface area contributed by atoms with E-state index in [1.54, 1.807) is 0 Å². The number of halogens is 1. The molecule has 4 aliphatic carbocycles. The van der Waals surface area contributed by atoms with E-state index in [-0.39, 0.29) is 11.4 Å². The van der Waals surface area contributed by atoms with Crippen molar-refractivity contribution in [2.75, 3.05) is 0 Å². The van der Waals surface area contributed by atoms with E-state index in [9.17, 15) is 9.18 Å². The second-order valence-electron chi connectivity index (χ2n) is 8.87. The van der Waals surface area contributed by atoms with Gasteiger partial charge in [0.25, 0.3) is 5.91 Å². The molecule has 0 spiro atoms. The predicted molar refractivity (Wildman–Crippen MR) is 97.3 cm³/mol. The number of hydrogen-bond donors (Lipinski definition) is 1. The molecule has 1 N–H and O–H groups in total. The zero-order valence-corrected chi connectivity index (χ0v) is 15.3. The lowest BCUT2D eigenvalue weighted by atomic mass is 9.53. The lowest BCUT2D eigenvalue weighted by Crippen LogP contribution is -2.59. The van der Waals surface area contributed by atoms with E-state index in [4.69, 9.17) is 0 Å². The molecule has 4 bridgehead atoms. The first-order valence-electron chi connectivity index (χ1n) is 9.68. The van der Waals surface area contributed by atoms with E-state index < -0.39 is 5.82 Å². The van der Waals surface area contributed by atoms with Gasteiger partial charge in [-0.2, -0.15) is 0 Å². The lowest BCUT2D eigenvalue weighted by Gasteiger charge is -2.56. The Morgan fingerprint density at radius 2 is 1.62 bits per heavy atom. The number of fused-ring (bicyclic) bond motifs is 1. The van der Waals surface area contributed by atoms with Crippen LogP contribution in [0.15, 0.2) is 12.1 Å². The molecule has 1 aromatic heterocycles. The van der Waals surface area contributed by atoms with Gasteiger partial charge in [0, 0.05) is 11.6 Å². The van der Waals surface area contributed by atoms with Gasteiger partial charge in [0.2, 0.25) is 0 Å². The summed E-state index contributed by atoms with van der Waals surface area (Å²) in [4.78, 5) is 22.1. The minimum absolute atomic E-state index is 0.0996. The van der Waals surface area contributed by atoms with Gasteiger partial charge < -0.3 is 5.32 Å². The maximum atomic E-state index is 14.1. The second-order valence-corrected chi connectivity index (χ2v) is 8.87. The van der Waals surface area contributed by atoms with Gasteiger partial charge in [0.1, 0.15) is 11.3 Å². The summed E-state index contributed by atoms with van der Waals surface area (Å²) >= 11 is 0. The Kier molecular flexibility index (Phi) is 3.40. The van der Waals surface area contributed by atoms with E-state index in [1.807, 2.05) is 13.8 Å². The SMILES string of the molecule is Cc1nc2cc(F)cc(C(=O)NC34CC5CC(CC(C5)C3)C4)c2nc1C. The predicted octanol–water partition coefficient (Wildman–Crippen LogP) is 4.08. The summed E-state index contributed by atoms with van der Waals surface area (Å²) in [5.41, 5.74) is 2.69. The number of aryl methyl sites for hydroxylation is 2. The van der Waals surface area contributed by atoms with Crippen LogP contribution in [0.1, 0.15) is 60.3 Å². The topological polar surface area (TPSA) is 54.9 Å². The maximum absolute atomic E-state index is 14.1. The van der Waals surface area contributed by atoms with Crippen LogP contribution >= 0.6 is 0 Å². The highest BCUT2D eigenvalue weighted by molar-refractivity contribution is 6.05. The van der Waals surface area contributed by atoms with Crippen LogP contribution in [-0.4, -0.2) is 21.4 Å². The van der Waals surface area contributed by atoms with Crippen molar-refractivity contribution in [2.45, 2.75) is 57.9 Å². The Labute approximate surface area is 152 Å². The van der Waals surface area contributed by atoms with Crippen LogP contribution in [0.5, 0.6) is 0 Å². The van der Waals surface area contributed by atoms with Crippen molar-refractivity contribution in [1.82, 2.24) is 15.3 Å². The summed E-state index contributed by atoms with van der Waals surface area (Å²) in [6, 6.07) is 2.66. The molecule has 4 nitrogen and oxygen atoms in total. The van der Waals surface area contributed by atoms with Gasteiger partial charge in [0.05, 0.1) is 22.5 Å². The van der Waals surface area contributed by atoms with Gasteiger partial charge in [0.15, 0.2) is 0 Å². The van der Waals surface area contributed by atoms with E-state index >= 15 is 0 Å². The molecule has 6 rings (SSSR count). The van der Waals surface area contributed by atoms with Crippen LogP contribution in [0.3, 0.4) is 0 Å². The number of hydrogen-bond acceptors (Lipinski definition) is 3. The molecule has 0 atom stereocenters. The fourth-order valence-corrected chi connectivity index (χ4v) is 6.04. The van der Waals surface area contributed by atoms with Crippen LogP contribution in [0.25, 0.3) is 11.0 Å². The number of benzene rings is 1. The number of rotatable bonds is 2. The minimum atomic E-state index is -0.439. The smallest absolute Gasteiger partial charge is 0.254 e. The molecule has 26 heavy (non-hydrogen) atoms. The first-order chi connectivity index (χ1) is 12.4. The first-order valence-corrected chi connectivity index (χ1v) is 9.68. The minimum Gasteiger partial charge on any atom is -0.347 e. The van der Waals surface area contributed by atoms with E-state index in [0.29, 0.717) is 16.6 Å². The molecule has 4 aliphatic rings. The molecular formula is C21H24FN3O. The number of carbonyl (C=O) groups is 1. The Hall–Kier alpha value is -2.04. The molecule has 4 fully saturated rings. The highest BCUT2D eigenvalue weighted by Crippen LogP contribution is 2.55. The van der Waals surface area contributed by atoms with Crippen molar-refractivity contribution in [2.24, 2.45) is 17.8 Å². The fraction of sp³-hybridized carbons (Fsp3) is 0.571. The summed E-state index contributed by atoms with van der Waals surface area (Å²) in [5.74, 6) is 1.60. The number of amides is 1. The second kappa shape index (κ2) is 5.48. The van der Waals surface area contributed by atoms with Gasteiger partial charge in [-0.1, -0.05) is 0 Å². The Morgan fingerprint density at radius 3 is 2.23 bits per heavy atom. The molecule has 4 saturated carbocycles. The molecule has 1 aromatic carbocycles. The molecule has 5 heteroatoms. The summed E-state index contributed by atoms with van der Waals surface area (Å²) in [6.45, 7) is 3.72. The maximum Gasteiger partial charge on any atom is 0.254 e. The molecule has 1 amide bonds. The molecule has 136 valence electrons. The fourth-order valence-electron chi connectivity index (χ4n) is 6.04. The quantitative estimate of drug-likeness (QED) is 0.885. The van der Waals surface area contributed by atoms with Crippen molar-refractivity contribution >= 4 is 16.9 Å². The summed E-state index contributed by atoms with van der Waals surface area (Å²) in [5, 5.41) is 3.32. The monoisotopic (exact) mass is 353 g/mol. The van der Waals surface area contributed by atoms with Crippen molar-refractivity contribution < 1.29 is 9.18 Å². The zero-order valence-electron chi connectivity index (χ0n) is 15.3. The third kappa shape index (κ3) is 2.51. The Balaban J connectivity index is 1.52. The Bertz CT molecular complexity index is 888. The lowest BCUT2D eigenvalue weighted by molar-refractivity contribution is -0.0166. The molecule has 0 saturated heterocycles. The summed E-state index contributed by atoms with van der Waals surface area (Å²) < 4.78 is 14.1. The number of aromatic nitrogens is 2. The molecule has 0 unspecified atom stereocenters. The first kappa shape index (κ1) is 16.2. The van der Waals surface area contributed by atoms with Crippen molar-refractivity contribution in [1.29, 1.82) is 0 Å². The largest absolute Gasteiger partial charge is 0.347 e. The highest BCUT2D eigenvalue weighted by Gasteiger charge is 2.51. The average molecular weight is 353 g/mol. The molecule has 0 aliphatic heterocycles. The molecule has 0 radical (unpaired) electrons. The van der Waals surface area contributed by atoms with Gasteiger partial charge in [-0.3, -0.25) is 4.79 Å². The van der Waals surface area contributed by atoms with Gasteiger partial charge in [-0.25, -0.2) is 14.4 Å². The third-order valence-electron chi connectivity index (χ3n) is 6.81. The van der Waals surface area contributed by atoms with Crippen molar-refractivity contribution in [3.63, 3.8) is 0 Å². The van der Waals surface area contributed by atoms with E-state index in [2.05, 4.69) is 15.3 Å². The van der Waals surface area contributed by atoms with Gasteiger partial charge in [-0.05, 0) is 76.2 Å². The van der Waals surface area contributed by atoms with Crippen molar-refractivity contribution in [3.05, 3.63) is 34.9 Å². The molecule has 1 heterocycles. The number of nitrogens with zero attached hydrogens (tertiary/aromatic N) is 2. The number of nitrogens with one attached hydrogen (secondary N) is 1. The number of carbonyl (C=O) groups excluding carboxylic acids is 1. The molecule has 2 aromatic rings. The third-order valence-corrected chi connectivity index (χ3v) is 6.81. The van der Waals surface area contributed by atoms with Crippen LogP contribution in [0.2, 0.25) is 0 Å². The van der Waals surface area contributed by atoms with Crippen LogP contribution < -0.4 is 5.32 Å². The normalized spacial score (nSPS) is 32.2. The van der Waals surface area contributed by atoms with E-state index in [0.717, 1.165) is 48.4 Å². The van der Waals surface area contributed by atoms with Gasteiger partial charge in [-0.15, -0.1) is 0 Å². The van der Waals surface area contributed by atoms with Crippen LogP contribution in [0.4, 0.5) is 4.39 Å². The van der Waals surface area contributed by atoms with Gasteiger partial charge >= 0.3 is 0 Å². The molecular weight excluding hydrogens is 329 g/mol. The van der Waals surface area contributed by atoms with Crippen LogP contribution in [-0.2, 0) is 0 Å². The van der Waals surface area contributed by atoms with Crippen molar-refractivity contribution in [3.8, 4) is 0 Å². The Morgan fingerprint density at radius 1 is 1.04 bits per heavy atom. The average Bonchev–Trinajstić information content (AvgIpc) is 2.54. The van der Waals surface area contributed by atoms with Crippen LogP contribution in [0, 0.1) is 37.4 Å². The summed E-state index contributed by atoms with van der Waals surface area (Å²) in [6.07, 6.45) is 7.18. The zero-order chi connectivity index (χ0) is 18.1. The summed E-state index contributed by atoms with van der Waals surface area (Å²) in [7, 11) is 0.